The zero-order valence-electron chi connectivity index (χ0n) is 11.8. The van der Waals surface area contributed by atoms with Gasteiger partial charge in [0.2, 0.25) is 0 Å². The predicted octanol–water partition coefficient (Wildman–Crippen LogP) is 3.06. The molecule has 0 aliphatic rings. The molecular formula is C15H15Cl2NO4. The van der Waals surface area contributed by atoms with E-state index in [4.69, 9.17) is 32.4 Å². The topological polar surface area (TPSA) is 71.7 Å². The van der Waals surface area contributed by atoms with Crippen LogP contribution in [-0.2, 0) is 0 Å². The number of aliphatic hydroxyl groups is 1. The van der Waals surface area contributed by atoms with E-state index in [0.717, 1.165) is 0 Å². The molecule has 0 radical (unpaired) electrons. The van der Waals surface area contributed by atoms with Gasteiger partial charge in [-0.05, 0) is 31.2 Å². The van der Waals surface area contributed by atoms with Crippen LogP contribution in [0.25, 0.3) is 0 Å². The molecule has 0 bridgehead atoms. The molecule has 5 nitrogen and oxygen atoms in total. The average molecular weight is 344 g/mol. The lowest BCUT2D eigenvalue weighted by Gasteiger charge is -2.14. The van der Waals surface area contributed by atoms with Gasteiger partial charge in [0.1, 0.15) is 29.2 Å². The molecule has 1 atom stereocenters. The van der Waals surface area contributed by atoms with Crippen molar-refractivity contribution >= 4 is 29.1 Å². The molecule has 2 aromatic rings. The van der Waals surface area contributed by atoms with Crippen molar-refractivity contribution in [3.05, 3.63) is 51.9 Å². The Morgan fingerprint density at radius 3 is 2.82 bits per heavy atom. The van der Waals surface area contributed by atoms with E-state index in [1.807, 2.05) is 0 Å². The number of ether oxygens (including phenoxy) is 1. The lowest BCUT2D eigenvalue weighted by molar-refractivity contribution is 0.0821. The smallest absolute Gasteiger partial charge is 0.287 e. The fourth-order valence-corrected chi connectivity index (χ4v) is 2.04. The van der Waals surface area contributed by atoms with Gasteiger partial charge in [-0.1, -0.05) is 29.3 Å². The number of carbonyl (C=O) groups is 1. The summed E-state index contributed by atoms with van der Waals surface area (Å²) >= 11 is 11.8. The first kappa shape index (κ1) is 16.7. The Hall–Kier alpha value is -1.69. The molecule has 0 fully saturated rings. The quantitative estimate of drug-likeness (QED) is 0.845. The van der Waals surface area contributed by atoms with Crippen molar-refractivity contribution in [1.82, 2.24) is 5.32 Å². The molecule has 7 heteroatoms. The standard InChI is InChI=1S/C15H15Cl2NO4/c1-9-5-6-13(22-9)15(20)18-7-10(19)8-21-12-4-2-3-11(16)14(12)17/h2-6,10,19H,7-8H2,1H3,(H,18,20). The predicted molar refractivity (Wildman–Crippen MR) is 83.7 cm³/mol. The van der Waals surface area contributed by atoms with Crippen molar-refractivity contribution in [1.29, 1.82) is 0 Å². The second-order valence-electron chi connectivity index (χ2n) is 4.64. The molecule has 1 amide bonds. The van der Waals surface area contributed by atoms with Crippen molar-refractivity contribution < 1.29 is 19.1 Å². The van der Waals surface area contributed by atoms with E-state index in [2.05, 4.69) is 5.32 Å². The van der Waals surface area contributed by atoms with E-state index >= 15 is 0 Å². The molecule has 1 unspecified atom stereocenters. The molecule has 1 aromatic heterocycles. The molecule has 2 rings (SSSR count). The van der Waals surface area contributed by atoms with Crippen LogP contribution in [0.2, 0.25) is 10.0 Å². The Morgan fingerprint density at radius 1 is 1.36 bits per heavy atom. The number of nitrogens with one attached hydrogen (secondary N) is 1. The Morgan fingerprint density at radius 2 is 2.14 bits per heavy atom. The van der Waals surface area contributed by atoms with E-state index in [1.54, 1.807) is 37.3 Å². The maximum Gasteiger partial charge on any atom is 0.287 e. The monoisotopic (exact) mass is 343 g/mol. The minimum Gasteiger partial charge on any atom is -0.489 e. The van der Waals surface area contributed by atoms with Gasteiger partial charge in [-0.3, -0.25) is 4.79 Å². The molecule has 0 saturated heterocycles. The van der Waals surface area contributed by atoms with Gasteiger partial charge in [0, 0.05) is 6.54 Å². The first-order valence-corrected chi connectivity index (χ1v) is 7.32. The van der Waals surface area contributed by atoms with E-state index in [1.165, 1.54) is 0 Å². The number of hydrogen-bond donors (Lipinski definition) is 2. The summed E-state index contributed by atoms with van der Waals surface area (Å²) in [5.41, 5.74) is 0. The zero-order chi connectivity index (χ0) is 16.1. The first-order valence-electron chi connectivity index (χ1n) is 6.57. The van der Waals surface area contributed by atoms with Crippen LogP contribution in [0.4, 0.5) is 0 Å². The second kappa shape index (κ2) is 7.54. The van der Waals surface area contributed by atoms with Gasteiger partial charge in [-0.2, -0.15) is 0 Å². The van der Waals surface area contributed by atoms with Crippen LogP contribution >= 0.6 is 23.2 Å². The number of benzene rings is 1. The van der Waals surface area contributed by atoms with Crippen LogP contribution in [0.1, 0.15) is 16.3 Å². The summed E-state index contributed by atoms with van der Waals surface area (Å²) in [5.74, 6) is 0.822. The van der Waals surface area contributed by atoms with Crippen molar-refractivity contribution in [3.63, 3.8) is 0 Å². The summed E-state index contributed by atoms with van der Waals surface area (Å²) < 4.78 is 10.6. The maximum atomic E-state index is 11.7. The van der Waals surface area contributed by atoms with Crippen LogP contribution in [0.15, 0.2) is 34.7 Å². The molecule has 118 valence electrons. The first-order chi connectivity index (χ1) is 10.5. The van der Waals surface area contributed by atoms with Gasteiger partial charge < -0.3 is 19.6 Å². The van der Waals surface area contributed by atoms with Crippen LogP contribution in [0.5, 0.6) is 5.75 Å². The van der Waals surface area contributed by atoms with Crippen LogP contribution in [-0.4, -0.2) is 30.3 Å². The fourth-order valence-electron chi connectivity index (χ4n) is 1.69. The largest absolute Gasteiger partial charge is 0.489 e. The number of aryl methyl sites for hydroxylation is 1. The van der Waals surface area contributed by atoms with E-state index in [-0.39, 0.29) is 23.9 Å². The van der Waals surface area contributed by atoms with Crippen LogP contribution in [0.3, 0.4) is 0 Å². The van der Waals surface area contributed by atoms with Gasteiger partial charge >= 0.3 is 0 Å². The van der Waals surface area contributed by atoms with E-state index < -0.39 is 12.0 Å². The molecule has 2 N–H and O–H groups in total. The minimum atomic E-state index is -0.893. The maximum absolute atomic E-state index is 11.7. The molecule has 1 heterocycles. The molecule has 0 aliphatic carbocycles. The molecule has 1 aromatic carbocycles. The number of amides is 1. The van der Waals surface area contributed by atoms with Crippen LogP contribution in [0, 0.1) is 6.92 Å². The summed E-state index contributed by atoms with van der Waals surface area (Å²) in [7, 11) is 0. The molecular weight excluding hydrogens is 329 g/mol. The summed E-state index contributed by atoms with van der Waals surface area (Å²) in [5, 5.41) is 13.0. The molecule has 22 heavy (non-hydrogen) atoms. The van der Waals surface area contributed by atoms with Crippen molar-refractivity contribution in [3.8, 4) is 5.75 Å². The lowest BCUT2D eigenvalue weighted by Crippen LogP contribution is -2.35. The molecule has 0 spiro atoms. The summed E-state index contributed by atoms with van der Waals surface area (Å²) in [6.45, 7) is 1.74. The van der Waals surface area contributed by atoms with Crippen molar-refractivity contribution in [2.24, 2.45) is 0 Å². The van der Waals surface area contributed by atoms with E-state index in [9.17, 15) is 9.90 Å². The Balaban J connectivity index is 1.79. The lowest BCUT2D eigenvalue weighted by atomic mass is 10.3. The Kier molecular flexibility index (Phi) is 5.71. The van der Waals surface area contributed by atoms with Gasteiger partial charge in [0.05, 0.1) is 5.02 Å². The second-order valence-corrected chi connectivity index (χ2v) is 5.42. The summed E-state index contributed by atoms with van der Waals surface area (Å²) in [6.07, 6.45) is -0.893. The van der Waals surface area contributed by atoms with Gasteiger partial charge in [-0.15, -0.1) is 0 Å². The Bertz CT molecular complexity index is 657. The van der Waals surface area contributed by atoms with Crippen LogP contribution < -0.4 is 10.1 Å². The number of furan rings is 1. The SMILES string of the molecule is Cc1ccc(C(=O)NCC(O)COc2cccc(Cl)c2Cl)o1. The highest BCUT2D eigenvalue weighted by molar-refractivity contribution is 6.42. The third-order valence-electron chi connectivity index (χ3n) is 2.81. The minimum absolute atomic E-state index is 0.0246. The van der Waals surface area contributed by atoms with Gasteiger partial charge in [-0.25, -0.2) is 0 Å². The number of rotatable bonds is 6. The van der Waals surface area contributed by atoms with E-state index in [0.29, 0.717) is 16.5 Å². The molecule has 0 saturated carbocycles. The van der Waals surface area contributed by atoms with Crippen molar-refractivity contribution in [2.45, 2.75) is 13.0 Å². The number of halogens is 2. The average Bonchev–Trinajstić information content (AvgIpc) is 2.93. The number of hydrogen-bond acceptors (Lipinski definition) is 4. The third kappa shape index (κ3) is 4.40. The Labute approximate surface area is 137 Å². The number of carbonyl (C=O) groups excluding carboxylic acids is 1. The third-order valence-corrected chi connectivity index (χ3v) is 3.61. The van der Waals surface area contributed by atoms with Gasteiger partial charge in [0.25, 0.3) is 5.91 Å². The van der Waals surface area contributed by atoms with Gasteiger partial charge in [0.15, 0.2) is 5.76 Å². The highest BCUT2D eigenvalue weighted by atomic mass is 35.5. The highest BCUT2D eigenvalue weighted by Gasteiger charge is 2.13. The zero-order valence-corrected chi connectivity index (χ0v) is 13.3. The summed E-state index contributed by atoms with van der Waals surface area (Å²) in [6, 6.07) is 8.23. The highest BCUT2D eigenvalue weighted by Crippen LogP contribution is 2.31. The normalized spacial score (nSPS) is 12.0. The van der Waals surface area contributed by atoms with Crippen molar-refractivity contribution in [2.75, 3.05) is 13.2 Å². The molecule has 0 aliphatic heterocycles. The summed E-state index contributed by atoms with van der Waals surface area (Å²) in [4.78, 5) is 11.7. The number of aliphatic hydroxyl groups excluding tert-OH is 1. The fraction of sp³-hybridized carbons (Fsp3) is 0.267.